The average Bonchev–Trinajstić information content (AvgIpc) is 2.43. The van der Waals surface area contributed by atoms with Crippen molar-refractivity contribution in [2.24, 2.45) is 0 Å². The fourth-order valence-corrected chi connectivity index (χ4v) is 2.48. The molecule has 0 saturated carbocycles. The van der Waals surface area contributed by atoms with E-state index in [1.54, 1.807) is 0 Å². The minimum absolute atomic E-state index is 0.254. The van der Waals surface area contributed by atoms with E-state index in [1.807, 2.05) is 37.3 Å². The van der Waals surface area contributed by atoms with E-state index in [9.17, 15) is 9.50 Å². The molecular weight excluding hydrogens is 323 g/mol. The number of rotatable bonds is 5. The first-order valence-electron chi connectivity index (χ1n) is 6.45. The molecule has 106 valence electrons. The standard InChI is InChI=1S/C16H16BrFO2/c1-2-15(19)14-5-3-4-6-16(14)20-10-11-7-12(17)9-13(18)8-11/h3-9,15,19H,2,10H2,1H3/t15-/m0/s1. The lowest BCUT2D eigenvalue weighted by atomic mass is 10.1. The topological polar surface area (TPSA) is 29.5 Å². The minimum atomic E-state index is -0.551. The zero-order valence-corrected chi connectivity index (χ0v) is 12.7. The van der Waals surface area contributed by atoms with Crippen molar-refractivity contribution in [1.82, 2.24) is 0 Å². The Morgan fingerprint density at radius 2 is 2.00 bits per heavy atom. The number of aliphatic hydroxyl groups excluding tert-OH is 1. The summed E-state index contributed by atoms with van der Waals surface area (Å²) in [4.78, 5) is 0. The number of aliphatic hydroxyl groups is 1. The molecule has 0 saturated heterocycles. The van der Waals surface area contributed by atoms with Crippen LogP contribution in [0.15, 0.2) is 46.9 Å². The molecule has 0 aromatic heterocycles. The predicted octanol–water partition coefficient (Wildman–Crippen LogP) is 4.61. The highest BCUT2D eigenvalue weighted by Crippen LogP contribution is 2.27. The lowest BCUT2D eigenvalue weighted by molar-refractivity contribution is 0.166. The number of halogens is 2. The monoisotopic (exact) mass is 338 g/mol. The third-order valence-electron chi connectivity index (χ3n) is 2.98. The number of benzene rings is 2. The van der Waals surface area contributed by atoms with Gasteiger partial charge in [0.05, 0.1) is 6.10 Å². The maximum atomic E-state index is 13.3. The van der Waals surface area contributed by atoms with Crippen molar-refractivity contribution in [2.45, 2.75) is 26.1 Å². The number of ether oxygens (including phenoxy) is 1. The van der Waals surface area contributed by atoms with Gasteiger partial charge in [-0.2, -0.15) is 0 Å². The van der Waals surface area contributed by atoms with Crippen LogP contribution >= 0.6 is 15.9 Å². The van der Waals surface area contributed by atoms with E-state index >= 15 is 0 Å². The summed E-state index contributed by atoms with van der Waals surface area (Å²) in [6.45, 7) is 2.16. The highest BCUT2D eigenvalue weighted by Gasteiger charge is 2.11. The summed E-state index contributed by atoms with van der Waals surface area (Å²) in [6.07, 6.45) is 0.0664. The van der Waals surface area contributed by atoms with Crippen LogP contribution in [0.5, 0.6) is 5.75 Å². The highest BCUT2D eigenvalue weighted by molar-refractivity contribution is 9.10. The maximum Gasteiger partial charge on any atom is 0.125 e. The molecule has 0 aliphatic rings. The van der Waals surface area contributed by atoms with Gasteiger partial charge in [-0.25, -0.2) is 4.39 Å². The molecule has 20 heavy (non-hydrogen) atoms. The first-order chi connectivity index (χ1) is 9.60. The molecule has 2 aromatic carbocycles. The summed E-state index contributed by atoms with van der Waals surface area (Å²) in [6, 6.07) is 12.0. The van der Waals surface area contributed by atoms with Gasteiger partial charge in [-0.3, -0.25) is 0 Å². The van der Waals surface area contributed by atoms with Crippen molar-refractivity contribution in [1.29, 1.82) is 0 Å². The van der Waals surface area contributed by atoms with Gasteiger partial charge in [0.2, 0.25) is 0 Å². The summed E-state index contributed by atoms with van der Waals surface area (Å²) in [5.41, 5.74) is 1.49. The first-order valence-corrected chi connectivity index (χ1v) is 7.24. The molecule has 0 amide bonds. The normalized spacial score (nSPS) is 12.2. The summed E-state index contributed by atoms with van der Waals surface area (Å²) in [5.74, 6) is 0.321. The molecule has 0 bridgehead atoms. The van der Waals surface area contributed by atoms with Crippen LogP contribution in [0.3, 0.4) is 0 Å². The highest BCUT2D eigenvalue weighted by atomic mass is 79.9. The molecule has 0 aliphatic carbocycles. The molecule has 2 rings (SSSR count). The van der Waals surface area contributed by atoms with E-state index in [-0.39, 0.29) is 12.4 Å². The first kappa shape index (κ1) is 15.0. The lowest BCUT2D eigenvalue weighted by Gasteiger charge is -2.15. The molecule has 0 aliphatic heterocycles. The van der Waals surface area contributed by atoms with E-state index in [2.05, 4.69) is 15.9 Å². The fraction of sp³-hybridized carbons (Fsp3) is 0.250. The molecular formula is C16H16BrFO2. The second kappa shape index (κ2) is 6.86. The Morgan fingerprint density at radius 1 is 1.25 bits per heavy atom. The average molecular weight is 339 g/mol. The molecule has 1 N–H and O–H groups in total. The Morgan fingerprint density at radius 3 is 2.70 bits per heavy atom. The molecule has 0 heterocycles. The minimum Gasteiger partial charge on any atom is -0.489 e. The summed E-state index contributed by atoms with van der Waals surface area (Å²) >= 11 is 3.25. The van der Waals surface area contributed by atoms with Crippen molar-refractivity contribution in [2.75, 3.05) is 0 Å². The fourth-order valence-electron chi connectivity index (χ4n) is 1.96. The summed E-state index contributed by atoms with van der Waals surface area (Å²) in [5, 5.41) is 9.95. The van der Waals surface area contributed by atoms with Gasteiger partial charge in [-0.15, -0.1) is 0 Å². The second-order valence-electron chi connectivity index (χ2n) is 4.53. The molecule has 4 heteroatoms. The van der Waals surface area contributed by atoms with E-state index in [0.29, 0.717) is 16.6 Å². The zero-order valence-electron chi connectivity index (χ0n) is 11.1. The van der Waals surface area contributed by atoms with Crippen LogP contribution in [0, 0.1) is 5.82 Å². The predicted molar refractivity (Wildman–Crippen MR) is 80.1 cm³/mol. The Labute approximate surface area is 126 Å². The Balaban J connectivity index is 2.14. The van der Waals surface area contributed by atoms with Gasteiger partial charge in [0.1, 0.15) is 18.2 Å². The van der Waals surface area contributed by atoms with Crippen LogP contribution in [0.25, 0.3) is 0 Å². The van der Waals surface area contributed by atoms with Gasteiger partial charge < -0.3 is 9.84 Å². The van der Waals surface area contributed by atoms with Crippen molar-refractivity contribution >= 4 is 15.9 Å². The quantitative estimate of drug-likeness (QED) is 0.862. The van der Waals surface area contributed by atoms with Gasteiger partial charge in [-0.1, -0.05) is 41.1 Å². The zero-order chi connectivity index (χ0) is 14.5. The van der Waals surface area contributed by atoms with Gasteiger partial charge in [-0.05, 0) is 36.2 Å². The van der Waals surface area contributed by atoms with Gasteiger partial charge >= 0.3 is 0 Å². The molecule has 0 spiro atoms. The Hall–Kier alpha value is -1.39. The molecule has 0 fully saturated rings. The number of hydrogen-bond donors (Lipinski definition) is 1. The van der Waals surface area contributed by atoms with Crippen LogP contribution in [0.1, 0.15) is 30.6 Å². The SMILES string of the molecule is CC[C@H](O)c1ccccc1OCc1cc(F)cc(Br)c1. The molecule has 0 unspecified atom stereocenters. The molecule has 2 nitrogen and oxygen atoms in total. The van der Waals surface area contributed by atoms with Gasteiger partial charge in [0.25, 0.3) is 0 Å². The van der Waals surface area contributed by atoms with E-state index in [0.717, 1.165) is 11.1 Å². The van der Waals surface area contributed by atoms with Gasteiger partial charge in [0, 0.05) is 10.0 Å². The Bertz CT molecular complexity index is 566. The molecule has 2 aromatic rings. The van der Waals surface area contributed by atoms with E-state index < -0.39 is 6.10 Å². The van der Waals surface area contributed by atoms with Crippen LogP contribution < -0.4 is 4.74 Å². The van der Waals surface area contributed by atoms with Crippen molar-refractivity contribution in [3.63, 3.8) is 0 Å². The summed E-state index contributed by atoms with van der Waals surface area (Å²) in [7, 11) is 0. The van der Waals surface area contributed by atoms with Gasteiger partial charge in [0.15, 0.2) is 0 Å². The third kappa shape index (κ3) is 3.81. The van der Waals surface area contributed by atoms with E-state index in [1.165, 1.54) is 12.1 Å². The van der Waals surface area contributed by atoms with Crippen molar-refractivity contribution in [3.05, 3.63) is 63.9 Å². The lowest BCUT2D eigenvalue weighted by Crippen LogP contribution is -2.02. The maximum absolute atomic E-state index is 13.3. The molecule has 0 radical (unpaired) electrons. The van der Waals surface area contributed by atoms with Crippen LogP contribution in [-0.2, 0) is 6.61 Å². The third-order valence-corrected chi connectivity index (χ3v) is 3.44. The van der Waals surface area contributed by atoms with Crippen LogP contribution in [0.2, 0.25) is 0 Å². The molecule has 1 atom stereocenters. The Kier molecular flexibility index (Phi) is 5.15. The van der Waals surface area contributed by atoms with Crippen molar-refractivity contribution < 1.29 is 14.2 Å². The number of hydrogen-bond acceptors (Lipinski definition) is 2. The largest absolute Gasteiger partial charge is 0.489 e. The summed E-state index contributed by atoms with van der Waals surface area (Å²) < 4.78 is 19.7. The number of para-hydroxylation sites is 1. The smallest absolute Gasteiger partial charge is 0.125 e. The van der Waals surface area contributed by atoms with Crippen molar-refractivity contribution in [3.8, 4) is 5.75 Å². The van der Waals surface area contributed by atoms with E-state index in [4.69, 9.17) is 4.74 Å². The van der Waals surface area contributed by atoms with Crippen LogP contribution in [0.4, 0.5) is 4.39 Å². The van der Waals surface area contributed by atoms with Crippen LogP contribution in [-0.4, -0.2) is 5.11 Å². The second-order valence-corrected chi connectivity index (χ2v) is 5.44.